The number of nitrogens with zero attached hydrogens (tertiary/aromatic N) is 3. The summed E-state index contributed by atoms with van der Waals surface area (Å²) in [7, 11) is 5.85. The van der Waals surface area contributed by atoms with Crippen LogP contribution in [0.3, 0.4) is 0 Å². The van der Waals surface area contributed by atoms with E-state index in [0.29, 0.717) is 24.1 Å². The summed E-state index contributed by atoms with van der Waals surface area (Å²) in [5.74, 6) is 1.82. The third kappa shape index (κ3) is 4.85. The zero-order chi connectivity index (χ0) is 18.6. The highest BCUT2D eigenvalue weighted by Crippen LogP contribution is 2.54. The maximum atomic E-state index is 6.01. The molecule has 7 heteroatoms. The highest BCUT2D eigenvalue weighted by molar-refractivity contribution is 14.0. The van der Waals surface area contributed by atoms with Gasteiger partial charge in [-0.1, -0.05) is 18.9 Å². The molecule has 2 aliphatic carbocycles. The van der Waals surface area contributed by atoms with E-state index in [9.17, 15) is 0 Å². The Bertz CT molecular complexity index is 631. The molecule has 27 heavy (non-hydrogen) atoms. The second kappa shape index (κ2) is 9.91. The van der Waals surface area contributed by atoms with E-state index < -0.39 is 0 Å². The van der Waals surface area contributed by atoms with Gasteiger partial charge in [0, 0.05) is 39.2 Å². The molecule has 0 radical (unpaired) electrons. The summed E-state index contributed by atoms with van der Waals surface area (Å²) in [5.41, 5.74) is 1.31. The molecule has 2 N–H and O–H groups in total. The quantitative estimate of drug-likeness (QED) is 0.367. The Balaban J connectivity index is 0.00000261. The van der Waals surface area contributed by atoms with Crippen LogP contribution in [-0.2, 0) is 11.3 Å². The highest BCUT2D eigenvalue weighted by Gasteiger charge is 2.56. The van der Waals surface area contributed by atoms with Crippen molar-refractivity contribution in [3.05, 3.63) is 23.9 Å². The molecule has 0 amide bonds. The number of aliphatic imine (C=N–C) groups is 1. The number of nitrogens with one attached hydrogen (secondary N) is 2. The SMILES string of the molecule is CCOC1CC(NC(=NC)NCc2cccc(N(C)C)n2)C12CCCC2.I. The van der Waals surface area contributed by atoms with E-state index in [0.717, 1.165) is 30.5 Å². The molecule has 2 unspecified atom stereocenters. The monoisotopic (exact) mass is 487 g/mol. The van der Waals surface area contributed by atoms with Crippen LogP contribution in [0, 0.1) is 5.41 Å². The molecule has 1 spiro atoms. The largest absolute Gasteiger partial charge is 0.378 e. The van der Waals surface area contributed by atoms with Crippen molar-refractivity contribution in [2.24, 2.45) is 10.4 Å². The Morgan fingerprint density at radius 3 is 2.70 bits per heavy atom. The molecule has 6 nitrogen and oxygen atoms in total. The predicted molar refractivity (Wildman–Crippen MR) is 122 cm³/mol. The predicted octanol–water partition coefficient (Wildman–Crippen LogP) is 3.17. The van der Waals surface area contributed by atoms with Crippen molar-refractivity contribution in [3.8, 4) is 0 Å². The van der Waals surface area contributed by atoms with Gasteiger partial charge in [0.1, 0.15) is 5.82 Å². The average molecular weight is 487 g/mol. The molecule has 0 saturated heterocycles. The zero-order valence-corrected chi connectivity index (χ0v) is 19.3. The minimum atomic E-state index is 0. The Labute approximate surface area is 180 Å². The van der Waals surface area contributed by atoms with Gasteiger partial charge in [-0.15, -0.1) is 24.0 Å². The van der Waals surface area contributed by atoms with Crippen molar-refractivity contribution in [1.29, 1.82) is 0 Å². The molecule has 1 heterocycles. The second-order valence-corrected chi connectivity index (χ2v) is 7.62. The number of hydrogen-bond donors (Lipinski definition) is 2. The van der Waals surface area contributed by atoms with Gasteiger partial charge in [-0.25, -0.2) is 4.98 Å². The van der Waals surface area contributed by atoms with Crippen molar-refractivity contribution in [2.45, 2.75) is 57.7 Å². The van der Waals surface area contributed by atoms with E-state index in [1.165, 1.54) is 25.7 Å². The lowest BCUT2D eigenvalue weighted by Gasteiger charge is -2.54. The van der Waals surface area contributed by atoms with Gasteiger partial charge in [-0.3, -0.25) is 4.99 Å². The van der Waals surface area contributed by atoms with Gasteiger partial charge in [-0.05, 0) is 38.3 Å². The number of guanidine groups is 1. The van der Waals surface area contributed by atoms with E-state index in [1.54, 1.807) is 0 Å². The Hall–Kier alpha value is -1.09. The van der Waals surface area contributed by atoms with Crippen LogP contribution in [0.5, 0.6) is 0 Å². The minimum Gasteiger partial charge on any atom is -0.378 e. The fourth-order valence-corrected chi connectivity index (χ4v) is 4.44. The number of pyridine rings is 1. The molecule has 0 aliphatic heterocycles. The lowest BCUT2D eigenvalue weighted by molar-refractivity contribution is -0.125. The van der Waals surface area contributed by atoms with Gasteiger partial charge in [-0.2, -0.15) is 0 Å². The molecule has 152 valence electrons. The molecule has 0 aromatic carbocycles. The van der Waals surface area contributed by atoms with Gasteiger partial charge in [0.15, 0.2) is 5.96 Å². The van der Waals surface area contributed by atoms with Gasteiger partial charge < -0.3 is 20.3 Å². The standard InChI is InChI=1S/C20H33N5O.HI/c1-5-26-17-13-16(20(17)11-6-7-12-20)24-19(21-2)22-14-15-9-8-10-18(23-15)25(3)4;/h8-10,16-17H,5-7,11-14H2,1-4H3,(H2,21,22,24);1H. The summed E-state index contributed by atoms with van der Waals surface area (Å²) >= 11 is 0. The Morgan fingerprint density at radius 1 is 1.33 bits per heavy atom. The molecular formula is C20H34IN5O. The van der Waals surface area contributed by atoms with E-state index in [-0.39, 0.29) is 24.0 Å². The molecule has 2 saturated carbocycles. The Morgan fingerprint density at radius 2 is 2.07 bits per heavy atom. The van der Waals surface area contributed by atoms with Crippen LogP contribution < -0.4 is 15.5 Å². The fourth-order valence-electron chi connectivity index (χ4n) is 4.44. The van der Waals surface area contributed by atoms with E-state index in [2.05, 4.69) is 27.5 Å². The van der Waals surface area contributed by atoms with Crippen LogP contribution in [0.2, 0.25) is 0 Å². The summed E-state index contributed by atoms with van der Waals surface area (Å²) in [6.07, 6.45) is 6.63. The molecule has 1 aromatic heterocycles. The molecule has 2 atom stereocenters. The van der Waals surface area contributed by atoms with E-state index >= 15 is 0 Å². The topological polar surface area (TPSA) is 61.8 Å². The minimum absolute atomic E-state index is 0. The first-order valence-electron chi connectivity index (χ1n) is 9.81. The van der Waals surface area contributed by atoms with E-state index in [1.807, 2.05) is 44.2 Å². The molecule has 1 aromatic rings. The summed E-state index contributed by atoms with van der Waals surface area (Å²) in [6, 6.07) is 6.55. The first-order chi connectivity index (χ1) is 12.6. The molecule has 2 fully saturated rings. The summed E-state index contributed by atoms with van der Waals surface area (Å²) < 4.78 is 6.01. The summed E-state index contributed by atoms with van der Waals surface area (Å²) in [4.78, 5) is 11.1. The van der Waals surface area contributed by atoms with Crippen LogP contribution in [0.1, 0.15) is 44.7 Å². The first kappa shape index (κ1) is 22.2. The van der Waals surface area contributed by atoms with Gasteiger partial charge in [0.05, 0.1) is 18.3 Å². The van der Waals surface area contributed by atoms with Crippen molar-refractivity contribution in [3.63, 3.8) is 0 Å². The number of hydrogen-bond acceptors (Lipinski definition) is 4. The van der Waals surface area contributed by atoms with Crippen LogP contribution in [0.25, 0.3) is 0 Å². The number of ether oxygens (including phenoxy) is 1. The average Bonchev–Trinajstić information content (AvgIpc) is 3.16. The zero-order valence-electron chi connectivity index (χ0n) is 17.0. The summed E-state index contributed by atoms with van der Waals surface area (Å²) in [5, 5.41) is 7.07. The maximum Gasteiger partial charge on any atom is 0.191 e. The molecule has 2 aliphatic rings. The van der Waals surface area contributed by atoms with Crippen LogP contribution in [0.15, 0.2) is 23.2 Å². The van der Waals surface area contributed by atoms with Crippen molar-refractivity contribution in [1.82, 2.24) is 15.6 Å². The highest BCUT2D eigenvalue weighted by atomic mass is 127. The molecular weight excluding hydrogens is 453 g/mol. The van der Waals surface area contributed by atoms with Gasteiger partial charge in [0.2, 0.25) is 0 Å². The fraction of sp³-hybridized carbons (Fsp3) is 0.700. The van der Waals surface area contributed by atoms with Crippen molar-refractivity contribution in [2.75, 3.05) is 32.6 Å². The van der Waals surface area contributed by atoms with Crippen LogP contribution in [0.4, 0.5) is 5.82 Å². The van der Waals surface area contributed by atoms with Crippen LogP contribution in [-0.4, -0.2) is 50.8 Å². The number of aromatic nitrogens is 1. The second-order valence-electron chi connectivity index (χ2n) is 7.62. The lowest BCUT2D eigenvalue weighted by Crippen LogP contribution is -2.65. The number of anilines is 1. The number of rotatable bonds is 6. The maximum absolute atomic E-state index is 6.01. The molecule has 0 bridgehead atoms. The smallest absolute Gasteiger partial charge is 0.191 e. The molecule has 3 rings (SSSR count). The number of halogens is 1. The summed E-state index contributed by atoms with van der Waals surface area (Å²) in [6.45, 7) is 3.56. The first-order valence-corrected chi connectivity index (χ1v) is 9.81. The van der Waals surface area contributed by atoms with Crippen molar-refractivity contribution >= 4 is 35.8 Å². The third-order valence-corrected chi connectivity index (χ3v) is 5.91. The normalized spacial score (nSPS) is 23.5. The van der Waals surface area contributed by atoms with Gasteiger partial charge in [0.25, 0.3) is 0 Å². The lowest BCUT2D eigenvalue weighted by atomic mass is 9.60. The van der Waals surface area contributed by atoms with Crippen molar-refractivity contribution < 1.29 is 4.74 Å². The van der Waals surface area contributed by atoms with E-state index in [4.69, 9.17) is 4.74 Å². The third-order valence-electron chi connectivity index (χ3n) is 5.91. The Kier molecular flexibility index (Phi) is 8.15. The van der Waals surface area contributed by atoms with Gasteiger partial charge >= 0.3 is 0 Å². The van der Waals surface area contributed by atoms with Crippen LogP contribution >= 0.6 is 24.0 Å².